The summed E-state index contributed by atoms with van der Waals surface area (Å²) in [6.45, 7) is 1.68. The Bertz CT molecular complexity index is 1730. The molecular formula is C28H39F2N7O4S. The minimum atomic E-state index is -4.25. The lowest BCUT2D eigenvalue weighted by Gasteiger charge is -2.20. The number of alkyl halides is 2. The molecule has 6 rings (SSSR count). The van der Waals surface area contributed by atoms with Crippen LogP contribution >= 0.6 is 0 Å². The number of carbonyl (C=O) groups is 1. The van der Waals surface area contributed by atoms with Crippen LogP contribution in [0.2, 0.25) is 0 Å². The Balaban J connectivity index is 0.000000688. The molecule has 11 nitrogen and oxygen atoms in total. The summed E-state index contributed by atoms with van der Waals surface area (Å²) < 4.78 is 60.7. The van der Waals surface area contributed by atoms with Crippen molar-refractivity contribution in [2.45, 2.75) is 45.7 Å². The van der Waals surface area contributed by atoms with Gasteiger partial charge in [0.1, 0.15) is 22.8 Å². The number of anilines is 1. The van der Waals surface area contributed by atoms with Gasteiger partial charge in [-0.05, 0) is 75.9 Å². The van der Waals surface area contributed by atoms with Crippen molar-refractivity contribution in [1.82, 2.24) is 29.6 Å². The number of amides is 1. The Morgan fingerprint density at radius 3 is 2.48 bits per heavy atom. The number of nitrogens with one attached hydrogen (secondary N) is 2. The maximum absolute atomic E-state index is 13.7. The standard InChI is InChI=1S/C24H26F2N6O4S.C4H9N.2H2/c1-13-21(28-19-10-16(23(33)27-2)11-20(36-3)31(13)19)17-9-15-7-8-18(32(24(25)26)37(4,34)35)29-22(15)30(17)12-14-5-6-14;1-2-4-5-3-1;;/h7-11,14,24H,5-6,12H2,1-4H3,(H,27,33);5H,1-4H2;2*1H. The molecule has 1 saturated heterocycles. The zero-order valence-corrected chi connectivity index (χ0v) is 24.8. The summed E-state index contributed by atoms with van der Waals surface area (Å²) in [7, 11) is -1.20. The van der Waals surface area contributed by atoms with Gasteiger partial charge in [0.2, 0.25) is 10.0 Å². The molecule has 0 atom stereocenters. The van der Waals surface area contributed by atoms with E-state index < -0.39 is 16.6 Å². The number of aromatic nitrogens is 4. The predicted octanol–water partition coefficient (Wildman–Crippen LogP) is 4.29. The summed E-state index contributed by atoms with van der Waals surface area (Å²) in [6.07, 6.45) is 5.55. The third-order valence-electron chi connectivity index (χ3n) is 7.44. The topological polar surface area (TPSA) is 123 Å². The number of fused-ring (bicyclic) bond motifs is 2. The van der Waals surface area contributed by atoms with Crippen LogP contribution in [0.15, 0.2) is 30.3 Å². The molecule has 0 aromatic carbocycles. The Hall–Kier alpha value is -3.78. The molecule has 5 heterocycles. The van der Waals surface area contributed by atoms with Gasteiger partial charge < -0.3 is 19.9 Å². The third kappa shape index (κ3) is 5.91. The highest BCUT2D eigenvalue weighted by molar-refractivity contribution is 7.92. The fourth-order valence-corrected chi connectivity index (χ4v) is 5.90. The van der Waals surface area contributed by atoms with Crippen LogP contribution in [-0.4, -0.2) is 73.3 Å². The molecule has 2 fully saturated rings. The zero-order valence-electron chi connectivity index (χ0n) is 24.0. The molecule has 0 spiro atoms. The van der Waals surface area contributed by atoms with E-state index in [4.69, 9.17) is 9.72 Å². The first-order valence-electron chi connectivity index (χ1n) is 13.8. The van der Waals surface area contributed by atoms with Crippen LogP contribution < -0.4 is 19.7 Å². The summed E-state index contributed by atoms with van der Waals surface area (Å²) in [4.78, 5) is 21.5. The quantitative estimate of drug-likeness (QED) is 0.287. The number of aryl methyl sites for hydroxylation is 1. The Kier molecular flexibility index (Phi) is 8.37. The number of nitrogens with zero attached hydrogens (tertiary/aromatic N) is 5. The van der Waals surface area contributed by atoms with E-state index in [0.717, 1.165) is 24.8 Å². The normalized spacial score (nSPS) is 15.2. The number of sulfonamides is 1. The van der Waals surface area contributed by atoms with Gasteiger partial charge >= 0.3 is 6.55 Å². The number of hydrogen-bond donors (Lipinski definition) is 2. The van der Waals surface area contributed by atoms with Gasteiger partial charge in [0.05, 0.1) is 24.8 Å². The van der Waals surface area contributed by atoms with Gasteiger partial charge in [-0.2, -0.15) is 13.1 Å². The van der Waals surface area contributed by atoms with Gasteiger partial charge in [-0.25, -0.2) is 18.4 Å². The first kappa shape index (κ1) is 29.7. The monoisotopic (exact) mass is 607 g/mol. The van der Waals surface area contributed by atoms with Crippen molar-refractivity contribution in [2.75, 3.05) is 37.8 Å². The lowest BCUT2D eigenvalue weighted by Crippen LogP contribution is -2.35. The summed E-state index contributed by atoms with van der Waals surface area (Å²) in [5.41, 5.74) is 3.36. The van der Waals surface area contributed by atoms with Gasteiger partial charge in [0.15, 0.2) is 5.88 Å². The van der Waals surface area contributed by atoms with Crippen LogP contribution in [-0.2, 0) is 16.6 Å². The van der Waals surface area contributed by atoms with Crippen LogP contribution in [0, 0.1) is 12.8 Å². The van der Waals surface area contributed by atoms with Crippen molar-refractivity contribution in [3.05, 3.63) is 41.6 Å². The molecule has 2 aliphatic rings. The van der Waals surface area contributed by atoms with Crippen molar-refractivity contribution >= 4 is 38.4 Å². The predicted molar refractivity (Wildman–Crippen MR) is 161 cm³/mol. The number of methoxy groups -OCH3 is 1. The maximum atomic E-state index is 13.7. The van der Waals surface area contributed by atoms with E-state index in [2.05, 4.69) is 15.6 Å². The first-order chi connectivity index (χ1) is 20.0. The molecule has 0 radical (unpaired) electrons. The summed E-state index contributed by atoms with van der Waals surface area (Å²) in [5, 5.41) is 6.48. The van der Waals surface area contributed by atoms with Crippen LogP contribution in [0.3, 0.4) is 0 Å². The molecule has 4 aromatic heterocycles. The molecule has 230 valence electrons. The summed E-state index contributed by atoms with van der Waals surface area (Å²) in [5.74, 6) is 0.193. The molecule has 1 aliphatic heterocycles. The van der Waals surface area contributed by atoms with E-state index in [1.807, 2.05) is 17.6 Å². The maximum Gasteiger partial charge on any atom is 0.329 e. The Morgan fingerprint density at radius 1 is 1.21 bits per heavy atom. The van der Waals surface area contributed by atoms with E-state index in [0.29, 0.717) is 52.0 Å². The van der Waals surface area contributed by atoms with E-state index in [1.54, 1.807) is 22.6 Å². The highest BCUT2D eigenvalue weighted by Crippen LogP contribution is 2.38. The smallest absolute Gasteiger partial charge is 0.329 e. The SMILES string of the molecule is C1CCNC1.CNC(=O)c1cc(OC)n2c(C)c(-c3cc4ccc(N(C(F)F)S(C)(=O)=O)nc4n3CC3CC3)nc2c1.[HH].[HH]. The molecule has 1 saturated carbocycles. The number of ether oxygens (including phenoxy) is 1. The first-order valence-corrected chi connectivity index (χ1v) is 15.7. The van der Waals surface area contributed by atoms with Crippen molar-refractivity contribution in [3.63, 3.8) is 0 Å². The fraction of sp³-hybridized carbons (Fsp3) is 0.464. The van der Waals surface area contributed by atoms with Gasteiger partial charge in [-0.3, -0.25) is 9.20 Å². The lowest BCUT2D eigenvalue weighted by atomic mass is 10.2. The van der Waals surface area contributed by atoms with Gasteiger partial charge in [-0.1, -0.05) is 0 Å². The molecule has 42 heavy (non-hydrogen) atoms. The second-order valence-corrected chi connectivity index (χ2v) is 12.4. The molecule has 2 N–H and O–H groups in total. The Morgan fingerprint density at radius 2 is 1.93 bits per heavy atom. The minimum Gasteiger partial charge on any atom is -0.482 e. The van der Waals surface area contributed by atoms with E-state index >= 15 is 0 Å². The number of imidazole rings is 1. The van der Waals surface area contributed by atoms with Crippen LogP contribution in [0.5, 0.6) is 5.88 Å². The summed E-state index contributed by atoms with van der Waals surface area (Å²) in [6, 6.07) is 8.01. The highest BCUT2D eigenvalue weighted by Gasteiger charge is 2.30. The second-order valence-electron chi connectivity index (χ2n) is 10.6. The fourth-order valence-electron chi connectivity index (χ4n) is 5.16. The molecule has 1 amide bonds. The molecular weight excluding hydrogens is 568 g/mol. The van der Waals surface area contributed by atoms with Gasteiger partial charge in [-0.15, -0.1) is 0 Å². The third-order valence-corrected chi connectivity index (χ3v) is 8.50. The number of pyridine rings is 2. The number of hydrogen-bond acceptors (Lipinski definition) is 7. The average molecular weight is 608 g/mol. The van der Waals surface area contributed by atoms with Gasteiger partial charge in [0, 0.05) is 33.5 Å². The van der Waals surface area contributed by atoms with E-state index in [-0.39, 0.29) is 18.9 Å². The average Bonchev–Trinajstić information content (AvgIpc) is 3.29. The van der Waals surface area contributed by atoms with E-state index in [1.165, 1.54) is 46.2 Å². The Labute approximate surface area is 245 Å². The van der Waals surface area contributed by atoms with Crippen molar-refractivity contribution < 1.29 is 29.6 Å². The van der Waals surface area contributed by atoms with Crippen LogP contribution in [0.25, 0.3) is 28.1 Å². The van der Waals surface area contributed by atoms with E-state index in [9.17, 15) is 22.0 Å². The zero-order chi connectivity index (χ0) is 30.2. The molecule has 14 heteroatoms. The highest BCUT2D eigenvalue weighted by atomic mass is 32.2. The molecule has 4 aromatic rings. The number of carbonyl (C=O) groups excluding carboxylic acids is 1. The van der Waals surface area contributed by atoms with Crippen molar-refractivity contribution in [1.29, 1.82) is 0 Å². The van der Waals surface area contributed by atoms with Gasteiger partial charge in [0.25, 0.3) is 5.91 Å². The number of rotatable bonds is 8. The summed E-state index contributed by atoms with van der Waals surface area (Å²) >= 11 is 0. The van der Waals surface area contributed by atoms with Crippen LogP contribution in [0.4, 0.5) is 14.6 Å². The van der Waals surface area contributed by atoms with Crippen molar-refractivity contribution in [3.8, 4) is 17.3 Å². The number of halogens is 2. The minimum absolute atomic E-state index is 0. The van der Waals surface area contributed by atoms with Crippen LogP contribution in [0.1, 0.15) is 44.6 Å². The molecule has 1 aliphatic carbocycles. The lowest BCUT2D eigenvalue weighted by molar-refractivity contribution is 0.0962. The second kappa shape index (κ2) is 11.8. The van der Waals surface area contributed by atoms with Crippen molar-refractivity contribution in [2.24, 2.45) is 5.92 Å². The molecule has 0 bridgehead atoms. The molecule has 0 unspecified atom stereocenters. The largest absolute Gasteiger partial charge is 0.482 e.